The maximum Gasteiger partial charge on any atom is 0.277 e. The number of hydrogen-bond donors (Lipinski definition) is 1. The van der Waals surface area contributed by atoms with Crippen molar-refractivity contribution in [1.82, 2.24) is 10.2 Å². The fourth-order valence-electron chi connectivity index (χ4n) is 3.96. The van der Waals surface area contributed by atoms with E-state index in [-0.39, 0.29) is 11.5 Å². The number of H-pyrrole nitrogens is 1. The predicted molar refractivity (Wildman–Crippen MR) is 97.4 cm³/mol. The highest BCUT2D eigenvalue weighted by atomic mass is 16.2. The second-order valence-electron chi connectivity index (χ2n) is 6.89. The van der Waals surface area contributed by atoms with Crippen LogP contribution >= 0.6 is 0 Å². The van der Waals surface area contributed by atoms with Crippen molar-refractivity contribution < 1.29 is 4.79 Å². The number of piperidine rings is 1. The van der Waals surface area contributed by atoms with E-state index in [0.29, 0.717) is 23.8 Å². The summed E-state index contributed by atoms with van der Waals surface area (Å²) in [5, 5.41) is 6.41. The molecular formula is C19H22N4O2. The Balaban J connectivity index is 1.81. The number of carbonyl (C=O) groups excluding carboxylic acids is 1. The van der Waals surface area contributed by atoms with E-state index in [2.05, 4.69) is 21.2 Å². The van der Waals surface area contributed by atoms with Crippen molar-refractivity contribution in [3.05, 3.63) is 51.4 Å². The maximum absolute atomic E-state index is 13.3. The molecule has 2 aliphatic heterocycles. The molecule has 1 unspecified atom stereocenters. The fourth-order valence-corrected chi connectivity index (χ4v) is 3.96. The van der Waals surface area contributed by atoms with Gasteiger partial charge in [0.2, 0.25) is 0 Å². The van der Waals surface area contributed by atoms with Gasteiger partial charge >= 0.3 is 0 Å². The van der Waals surface area contributed by atoms with Crippen LogP contribution < -0.4 is 15.4 Å². The van der Waals surface area contributed by atoms with Crippen LogP contribution in [-0.4, -0.2) is 35.2 Å². The first-order valence-corrected chi connectivity index (χ1v) is 8.81. The Bertz CT molecular complexity index is 889. The molecule has 1 N–H and O–H groups in total. The van der Waals surface area contributed by atoms with Gasteiger partial charge in [0.25, 0.3) is 11.5 Å². The van der Waals surface area contributed by atoms with Crippen LogP contribution in [0.15, 0.2) is 29.1 Å². The lowest BCUT2D eigenvalue weighted by molar-refractivity contribution is 0.0980. The summed E-state index contributed by atoms with van der Waals surface area (Å²) in [6.07, 6.45) is 3.43. The zero-order valence-electron chi connectivity index (χ0n) is 14.6. The molecule has 6 heteroatoms. The number of fused-ring (bicyclic) bond motifs is 3. The normalized spacial score (nSPS) is 19.4. The van der Waals surface area contributed by atoms with E-state index in [4.69, 9.17) is 0 Å². The summed E-state index contributed by atoms with van der Waals surface area (Å²) in [5.41, 5.74) is 3.08. The molecule has 0 saturated carbocycles. The van der Waals surface area contributed by atoms with Crippen molar-refractivity contribution in [1.29, 1.82) is 0 Å². The molecule has 0 radical (unpaired) electrons. The Morgan fingerprint density at radius 1 is 1.20 bits per heavy atom. The molecular weight excluding hydrogens is 316 g/mol. The van der Waals surface area contributed by atoms with E-state index < -0.39 is 5.56 Å². The standard InChI is InChI=1S/C19H22N4O2/c1-12-13(2)20-21-18(24)17(12)19(25)23-11-14-7-5-6-10-22(14)15-8-3-4-9-16(15)23/h3-4,8-9,14H,5-7,10-11H2,1-2H3,(H,21,24). The molecule has 2 aromatic rings. The molecule has 25 heavy (non-hydrogen) atoms. The molecule has 0 aliphatic carbocycles. The van der Waals surface area contributed by atoms with Gasteiger partial charge in [-0.15, -0.1) is 0 Å². The predicted octanol–water partition coefficient (Wildman–Crippen LogP) is 2.41. The van der Waals surface area contributed by atoms with Crippen LogP contribution in [0.4, 0.5) is 11.4 Å². The van der Waals surface area contributed by atoms with E-state index in [1.807, 2.05) is 18.2 Å². The van der Waals surface area contributed by atoms with Gasteiger partial charge in [-0.25, -0.2) is 5.10 Å². The summed E-state index contributed by atoms with van der Waals surface area (Å²) in [6.45, 7) is 5.23. The molecule has 1 amide bonds. The number of nitrogens with zero attached hydrogens (tertiary/aromatic N) is 3. The number of hydrogen-bond acceptors (Lipinski definition) is 4. The molecule has 6 nitrogen and oxygen atoms in total. The SMILES string of the molecule is Cc1n[nH]c(=O)c(C(=O)N2CC3CCCCN3c3ccccc32)c1C. The van der Waals surface area contributed by atoms with Crippen LogP contribution in [0.1, 0.15) is 40.9 Å². The van der Waals surface area contributed by atoms with Gasteiger partial charge in [-0.1, -0.05) is 12.1 Å². The maximum atomic E-state index is 13.3. The number of nitrogens with one attached hydrogen (secondary N) is 1. The number of aromatic amines is 1. The monoisotopic (exact) mass is 338 g/mol. The van der Waals surface area contributed by atoms with Crippen molar-refractivity contribution in [2.75, 3.05) is 22.9 Å². The minimum Gasteiger partial charge on any atom is -0.365 e. The summed E-state index contributed by atoms with van der Waals surface area (Å²) in [6, 6.07) is 8.30. The van der Waals surface area contributed by atoms with Crippen molar-refractivity contribution in [3.63, 3.8) is 0 Å². The van der Waals surface area contributed by atoms with Crippen LogP contribution in [0.5, 0.6) is 0 Å². The molecule has 2 aliphatic rings. The molecule has 1 aromatic carbocycles. The highest BCUT2D eigenvalue weighted by molar-refractivity contribution is 6.09. The van der Waals surface area contributed by atoms with Gasteiger partial charge in [-0.3, -0.25) is 9.59 Å². The van der Waals surface area contributed by atoms with Gasteiger partial charge in [0, 0.05) is 19.1 Å². The lowest BCUT2D eigenvalue weighted by Crippen LogP contribution is -2.53. The lowest BCUT2D eigenvalue weighted by Gasteiger charge is -2.46. The first-order chi connectivity index (χ1) is 12.1. The number of amides is 1. The van der Waals surface area contributed by atoms with Crippen LogP contribution in [0.2, 0.25) is 0 Å². The Labute approximate surface area is 146 Å². The van der Waals surface area contributed by atoms with E-state index in [9.17, 15) is 9.59 Å². The van der Waals surface area contributed by atoms with E-state index in [0.717, 1.165) is 24.3 Å². The summed E-state index contributed by atoms with van der Waals surface area (Å²) < 4.78 is 0. The topological polar surface area (TPSA) is 69.3 Å². The first kappa shape index (κ1) is 15.9. The number of aromatic nitrogens is 2. The molecule has 1 saturated heterocycles. The van der Waals surface area contributed by atoms with Gasteiger partial charge in [0.1, 0.15) is 5.56 Å². The van der Waals surface area contributed by atoms with Crippen molar-refractivity contribution in [2.24, 2.45) is 0 Å². The van der Waals surface area contributed by atoms with E-state index >= 15 is 0 Å². The van der Waals surface area contributed by atoms with E-state index in [1.54, 1.807) is 18.7 Å². The summed E-state index contributed by atoms with van der Waals surface area (Å²) in [5.74, 6) is -0.234. The zero-order chi connectivity index (χ0) is 17.6. The van der Waals surface area contributed by atoms with Gasteiger partial charge < -0.3 is 9.80 Å². The highest BCUT2D eigenvalue weighted by Gasteiger charge is 2.36. The number of anilines is 2. The Morgan fingerprint density at radius 3 is 2.76 bits per heavy atom. The molecule has 130 valence electrons. The minimum atomic E-state index is -0.420. The molecule has 1 aromatic heterocycles. The number of benzene rings is 1. The zero-order valence-corrected chi connectivity index (χ0v) is 14.6. The quantitative estimate of drug-likeness (QED) is 0.867. The third kappa shape index (κ3) is 2.52. The first-order valence-electron chi connectivity index (χ1n) is 8.81. The molecule has 1 fully saturated rings. The highest BCUT2D eigenvalue weighted by Crippen LogP contribution is 2.39. The van der Waals surface area contributed by atoms with Crippen molar-refractivity contribution >= 4 is 17.3 Å². The largest absolute Gasteiger partial charge is 0.365 e. The molecule has 4 rings (SSSR count). The molecule has 0 bridgehead atoms. The minimum absolute atomic E-state index is 0.201. The Morgan fingerprint density at radius 2 is 1.96 bits per heavy atom. The second-order valence-corrected chi connectivity index (χ2v) is 6.89. The van der Waals surface area contributed by atoms with E-state index in [1.165, 1.54) is 12.8 Å². The van der Waals surface area contributed by atoms with Gasteiger partial charge in [0.15, 0.2) is 0 Å². The number of rotatable bonds is 1. The Hall–Kier alpha value is -2.63. The lowest BCUT2D eigenvalue weighted by atomic mass is 9.96. The third-order valence-electron chi connectivity index (χ3n) is 5.43. The third-order valence-corrected chi connectivity index (χ3v) is 5.43. The summed E-state index contributed by atoms with van der Waals surface area (Å²) >= 11 is 0. The Kier molecular flexibility index (Phi) is 3.82. The number of aryl methyl sites for hydroxylation is 1. The average molecular weight is 338 g/mol. The molecule has 3 heterocycles. The molecule has 0 spiro atoms. The van der Waals surface area contributed by atoms with Crippen molar-refractivity contribution in [2.45, 2.75) is 39.2 Å². The van der Waals surface area contributed by atoms with Gasteiger partial charge in [0.05, 0.1) is 17.1 Å². The summed E-state index contributed by atoms with van der Waals surface area (Å²) in [7, 11) is 0. The van der Waals surface area contributed by atoms with Gasteiger partial charge in [-0.2, -0.15) is 5.10 Å². The van der Waals surface area contributed by atoms with Crippen LogP contribution in [0.25, 0.3) is 0 Å². The molecule has 1 atom stereocenters. The summed E-state index contributed by atoms with van der Waals surface area (Å²) in [4.78, 5) is 29.8. The van der Waals surface area contributed by atoms with Gasteiger partial charge in [-0.05, 0) is 50.8 Å². The number of para-hydroxylation sites is 2. The van der Waals surface area contributed by atoms with Crippen LogP contribution in [0.3, 0.4) is 0 Å². The average Bonchev–Trinajstić information content (AvgIpc) is 2.64. The van der Waals surface area contributed by atoms with Crippen molar-refractivity contribution in [3.8, 4) is 0 Å². The van der Waals surface area contributed by atoms with Crippen LogP contribution in [0, 0.1) is 13.8 Å². The van der Waals surface area contributed by atoms with Crippen LogP contribution in [-0.2, 0) is 0 Å². The second kappa shape index (κ2) is 6.02. The fraction of sp³-hybridized carbons (Fsp3) is 0.421. The number of carbonyl (C=O) groups is 1. The smallest absolute Gasteiger partial charge is 0.277 e.